The number of rotatable bonds is 26. The van der Waals surface area contributed by atoms with Gasteiger partial charge >= 0.3 is 0 Å². The minimum Gasteiger partial charge on any atom is -0.351 e. The summed E-state index contributed by atoms with van der Waals surface area (Å²) in [6, 6.07) is 0.266. The molecule has 2 unspecified atom stereocenters. The van der Waals surface area contributed by atoms with E-state index in [-0.39, 0.29) is 18.4 Å². The quantitative estimate of drug-likeness (QED) is 0.0679. The fourth-order valence-electron chi connectivity index (χ4n) is 4.16. The summed E-state index contributed by atoms with van der Waals surface area (Å²) in [6.45, 7) is 9.75. The SMILES string of the molecule is CCCCC/C=C\C/C=C\CCCCCCCCOC(OC(C)CCCCCCC)[C@@H](C)N(C)C. The third-order valence-electron chi connectivity index (χ3n) is 6.92. The lowest BCUT2D eigenvalue weighted by Crippen LogP contribution is -2.41. The van der Waals surface area contributed by atoms with Gasteiger partial charge in [-0.1, -0.05) is 109 Å². The van der Waals surface area contributed by atoms with Gasteiger partial charge in [0.05, 0.1) is 12.1 Å². The van der Waals surface area contributed by atoms with Crippen molar-refractivity contribution < 1.29 is 9.47 Å². The Balaban J connectivity index is 3.81. The summed E-state index contributed by atoms with van der Waals surface area (Å²) in [5.41, 5.74) is 0. The molecule has 0 spiro atoms. The molecule has 3 heteroatoms. The number of allylic oxidation sites excluding steroid dienone is 4. The van der Waals surface area contributed by atoms with Gasteiger partial charge in [-0.25, -0.2) is 0 Å². The molecule has 0 aromatic carbocycles. The van der Waals surface area contributed by atoms with Crippen LogP contribution in [-0.2, 0) is 9.47 Å². The Morgan fingerprint density at radius 3 is 1.77 bits per heavy atom. The molecule has 0 aliphatic carbocycles. The van der Waals surface area contributed by atoms with E-state index in [1.54, 1.807) is 0 Å². The lowest BCUT2D eigenvalue weighted by Gasteiger charge is -2.31. The summed E-state index contributed by atoms with van der Waals surface area (Å²) in [6.07, 6.45) is 32.5. The highest BCUT2D eigenvalue weighted by molar-refractivity contribution is 4.92. The van der Waals surface area contributed by atoms with Crippen molar-refractivity contribution in [3.63, 3.8) is 0 Å². The highest BCUT2D eigenvalue weighted by Gasteiger charge is 2.22. The minimum absolute atomic E-state index is 0.131. The third-order valence-corrected chi connectivity index (χ3v) is 6.92. The fraction of sp³-hybridized carbons (Fsp3) is 0.875. The van der Waals surface area contributed by atoms with Crippen LogP contribution in [0, 0.1) is 0 Å². The molecule has 0 fully saturated rings. The molecule has 0 saturated heterocycles. The van der Waals surface area contributed by atoms with Crippen LogP contribution in [0.25, 0.3) is 0 Å². The highest BCUT2D eigenvalue weighted by atomic mass is 16.7. The Kier molecular flexibility index (Phi) is 25.9. The van der Waals surface area contributed by atoms with E-state index < -0.39 is 0 Å². The highest BCUT2D eigenvalue weighted by Crippen LogP contribution is 2.16. The molecule has 0 heterocycles. The molecule has 0 aromatic heterocycles. The van der Waals surface area contributed by atoms with E-state index in [0.29, 0.717) is 0 Å². The van der Waals surface area contributed by atoms with E-state index in [1.165, 1.54) is 96.3 Å². The molecule has 0 aliphatic rings. The van der Waals surface area contributed by atoms with Crippen LogP contribution in [0.2, 0.25) is 0 Å². The number of unbranched alkanes of at least 4 members (excludes halogenated alkanes) is 13. The second kappa shape index (κ2) is 26.4. The molecule has 3 nitrogen and oxygen atoms in total. The van der Waals surface area contributed by atoms with Gasteiger partial charge in [0.1, 0.15) is 0 Å². The van der Waals surface area contributed by atoms with Crippen LogP contribution in [0.3, 0.4) is 0 Å². The third kappa shape index (κ3) is 23.5. The van der Waals surface area contributed by atoms with Crippen molar-refractivity contribution in [1.82, 2.24) is 4.90 Å². The van der Waals surface area contributed by atoms with Gasteiger partial charge in [-0.2, -0.15) is 0 Å². The Morgan fingerprint density at radius 1 is 0.629 bits per heavy atom. The number of hydrogen-bond acceptors (Lipinski definition) is 3. The zero-order chi connectivity index (χ0) is 26.0. The first kappa shape index (κ1) is 34.4. The zero-order valence-electron chi connectivity index (χ0n) is 24.7. The monoisotopic (exact) mass is 493 g/mol. The van der Waals surface area contributed by atoms with Crippen LogP contribution in [0.5, 0.6) is 0 Å². The van der Waals surface area contributed by atoms with Crippen molar-refractivity contribution in [1.29, 1.82) is 0 Å². The van der Waals surface area contributed by atoms with Crippen LogP contribution in [0.1, 0.15) is 143 Å². The average Bonchev–Trinajstić information content (AvgIpc) is 2.84. The van der Waals surface area contributed by atoms with Gasteiger partial charge in [-0.3, -0.25) is 0 Å². The van der Waals surface area contributed by atoms with Crippen LogP contribution in [-0.4, -0.2) is 44.0 Å². The Bertz CT molecular complexity index is 474. The maximum Gasteiger partial charge on any atom is 0.172 e. The maximum atomic E-state index is 6.33. The van der Waals surface area contributed by atoms with E-state index in [1.807, 2.05) is 0 Å². The van der Waals surface area contributed by atoms with E-state index in [0.717, 1.165) is 25.9 Å². The summed E-state index contributed by atoms with van der Waals surface area (Å²) < 4.78 is 12.6. The Morgan fingerprint density at radius 2 is 1.14 bits per heavy atom. The summed E-state index contributed by atoms with van der Waals surface area (Å²) >= 11 is 0. The molecular weight excluding hydrogens is 430 g/mol. The smallest absolute Gasteiger partial charge is 0.172 e. The minimum atomic E-state index is -0.131. The largest absolute Gasteiger partial charge is 0.351 e. The predicted molar refractivity (Wildman–Crippen MR) is 156 cm³/mol. The van der Waals surface area contributed by atoms with Gasteiger partial charge in [-0.05, 0) is 72.9 Å². The first-order chi connectivity index (χ1) is 17.0. The molecule has 0 amide bonds. The van der Waals surface area contributed by atoms with E-state index in [4.69, 9.17) is 9.47 Å². The molecule has 208 valence electrons. The second-order valence-electron chi connectivity index (χ2n) is 10.7. The molecule has 35 heavy (non-hydrogen) atoms. The van der Waals surface area contributed by atoms with Crippen LogP contribution in [0.15, 0.2) is 24.3 Å². The van der Waals surface area contributed by atoms with Crippen LogP contribution in [0.4, 0.5) is 0 Å². The van der Waals surface area contributed by atoms with Gasteiger partial charge in [-0.15, -0.1) is 0 Å². The van der Waals surface area contributed by atoms with Gasteiger partial charge in [0.2, 0.25) is 0 Å². The van der Waals surface area contributed by atoms with Crippen molar-refractivity contribution in [2.24, 2.45) is 0 Å². The molecule has 3 atom stereocenters. The van der Waals surface area contributed by atoms with Crippen LogP contribution >= 0.6 is 0 Å². The molecule has 0 aromatic rings. The van der Waals surface area contributed by atoms with Crippen molar-refractivity contribution in [2.75, 3.05) is 20.7 Å². The lowest BCUT2D eigenvalue weighted by atomic mass is 10.1. The van der Waals surface area contributed by atoms with Gasteiger partial charge in [0.15, 0.2) is 6.29 Å². The fourth-order valence-corrected chi connectivity index (χ4v) is 4.16. The molecule has 0 bridgehead atoms. The van der Waals surface area contributed by atoms with Gasteiger partial charge in [0.25, 0.3) is 0 Å². The zero-order valence-corrected chi connectivity index (χ0v) is 24.7. The summed E-state index contributed by atoms with van der Waals surface area (Å²) in [7, 11) is 4.22. The second-order valence-corrected chi connectivity index (χ2v) is 10.7. The van der Waals surface area contributed by atoms with Crippen molar-refractivity contribution in [3.05, 3.63) is 24.3 Å². The summed E-state index contributed by atoms with van der Waals surface area (Å²) in [4.78, 5) is 2.21. The molecule has 0 N–H and O–H groups in total. The normalized spacial score (nSPS) is 14.9. The molecule has 0 saturated carbocycles. The van der Waals surface area contributed by atoms with Crippen LogP contribution < -0.4 is 0 Å². The van der Waals surface area contributed by atoms with Gasteiger partial charge < -0.3 is 14.4 Å². The van der Waals surface area contributed by atoms with E-state index in [9.17, 15) is 0 Å². The van der Waals surface area contributed by atoms with E-state index >= 15 is 0 Å². The molecule has 0 aliphatic heterocycles. The predicted octanol–water partition coefficient (Wildman–Crippen LogP) is 9.86. The first-order valence-electron chi connectivity index (χ1n) is 15.3. The molecule has 0 rings (SSSR count). The Labute approximate surface area is 221 Å². The number of hydrogen-bond donors (Lipinski definition) is 0. The average molecular weight is 494 g/mol. The summed E-state index contributed by atoms with van der Waals surface area (Å²) in [5.74, 6) is 0. The first-order valence-corrected chi connectivity index (χ1v) is 15.3. The maximum absolute atomic E-state index is 6.33. The standard InChI is InChI=1S/C32H63NO2/c1-7-9-11-13-14-15-16-17-18-19-20-21-22-23-25-27-29-34-32(31(4)33(5)6)35-30(3)28-26-24-12-10-8-2/h14-15,17-18,30-32H,7-13,16,19-29H2,1-6H3/b15-14-,18-17-/t30?,31-,32?/m1/s1. The van der Waals surface area contributed by atoms with Crippen molar-refractivity contribution >= 4 is 0 Å². The molecule has 0 radical (unpaired) electrons. The Hall–Kier alpha value is -0.640. The van der Waals surface area contributed by atoms with Gasteiger partial charge in [0, 0.05) is 6.61 Å². The summed E-state index contributed by atoms with van der Waals surface area (Å²) in [5, 5.41) is 0. The number of nitrogens with zero attached hydrogens (tertiary/aromatic N) is 1. The van der Waals surface area contributed by atoms with Crippen molar-refractivity contribution in [3.8, 4) is 0 Å². The lowest BCUT2D eigenvalue weighted by molar-refractivity contribution is -0.194. The van der Waals surface area contributed by atoms with Crippen molar-refractivity contribution in [2.45, 2.75) is 162 Å². The topological polar surface area (TPSA) is 21.7 Å². The van der Waals surface area contributed by atoms with E-state index in [2.05, 4.69) is 71.0 Å². The number of likely N-dealkylation sites (N-methyl/N-ethyl adjacent to an activating group) is 1. The molecular formula is C32H63NO2. The number of ether oxygens (including phenoxy) is 2.